The third-order valence-corrected chi connectivity index (χ3v) is 2.39. The summed E-state index contributed by atoms with van der Waals surface area (Å²) < 4.78 is 6.41. The lowest BCUT2D eigenvalue weighted by atomic mass is 10.3. The second-order valence-corrected chi connectivity index (χ2v) is 3.87. The van der Waals surface area contributed by atoms with Crippen molar-refractivity contribution in [2.24, 2.45) is 0 Å². The van der Waals surface area contributed by atoms with Crippen molar-refractivity contribution >= 4 is 22.2 Å². The quantitative estimate of drug-likeness (QED) is 0.811. The van der Waals surface area contributed by atoms with Crippen LogP contribution in [-0.2, 0) is 0 Å². The highest BCUT2D eigenvalue weighted by Crippen LogP contribution is 2.22. The van der Waals surface area contributed by atoms with E-state index in [0.29, 0.717) is 17.6 Å². The number of hydrogen-bond donors (Lipinski definition) is 0. The van der Waals surface area contributed by atoms with Crippen LogP contribution in [0.1, 0.15) is 10.4 Å². The molecule has 0 bridgehead atoms. The third kappa shape index (κ3) is 2.43. The molecular weight excluding hydrogens is 272 g/mol. The number of carbonyl (C=O) groups excluding carboxylic acids is 1. The number of aromatic nitrogens is 2. The van der Waals surface area contributed by atoms with Crippen LogP contribution < -0.4 is 4.74 Å². The van der Waals surface area contributed by atoms with Crippen LogP contribution in [0.2, 0.25) is 0 Å². The Morgan fingerprint density at radius 1 is 1.25 bits per heavy atom. The van der Waals surface area contributed by atoms with E-state index in [1.54, 1.807) is 12.1 Å². The fourth-order valence-electron chi connectivity index (χ4n) is 1.11. The van der Waals surface area contributed by atoms with E-state index in [9.17, 15) is 4.79 Å². The van der Waals surface area contributed by atoms with Gasteiger partial charge in [-0.25, -0.2) is 9.97 Å². The highest BCUT2D eigenvalue weighted by atomic mass is 79.9. The maximum absolute atomic E-state index is 10.7. The summed E-state index contributed by atoms with van der Waals surface area (Å²) in [5.74, 6) is 0.873. The molecule has 1 heterocycles. The van der Waals surface area contributed by atoms with Gasteiger partial charge in [0.2, 0.25) is 5.88 Å². The third-order valence-electron chi connectivity index (χ3n) is 1.86. The molecule has 0 amide bonds. The van der Waals surface area contributed by atoms with Crippen molar-refractivity contribution in [1.82, 2.24) is 9.97 Å². The number of carbonyl (C=O) groups is 1. The molecule has 0 N–H and O–H groups in total. The fourth-order valence-corrected chi connectivity index (χ4v) is 1.37. The van der Waals surface area contributed by atoms with Crippen molar-refractivity contribution in [1.29, 1.82) is 0 Å². The maximum Gasteiger partial charge on any atom is 0.232 e. The highest BCUT2D eigenvalue weighted by molar-refractivity contribution is 9.10. The van der Waals surface area contributed by atoms with Gasteiger partial charge in [0.1, 0.15) is 12.1 Å². The number of aldehydes is 1. The lowest BCUT2D eigenvalue weighted by Crippen LogP contribution is -1.94. The summed E-state index contributed by atoms with van der Waals surface area (Å²) in [7, 11) is 0. The number of ether oxygens (including phenoxy) is 1. The van der Waals surface area contributed by atoms with E-state index in [0.717, 1.165) is 4.47 Å². The molecule has 0 aliphatic rings. The molecule has 0 aliphatic heterocycles. The molecule has 16 heavy (non-hydrogen) atoms. The zero-order valence-corrected chi connectivity index (χ0v) is 9.72. The Bertz CT molecular complexity index is 500. The van der Waals surface area contributed by atoms with Gasteiger partial charge in [-0.05, 0) is 24.3 Å². The Labute approximate surface area is 100 Å². The molecular formula is C11H7BrN2O2. The van der Waals surface area contributed by atoms with Crippen molar-refractivity contribution in [2.45, 2.75) is 0 Å². The molecule has 5 heteroatoms. The molecule has 0 saturated carbocycles. The van der Waals surface area contributed by atoms with Crippen LogP contribution in [0.3, 0.4) is 0 Å². The van der Waals surface area contributed by atoms with Gasteiger partial charge >= 0.3 is 0 Å². The van der Waals surface area contributed by atoms with Crippen LogP contribution in [-0.4, -0.2) is 16.3 Å². The molecule has 0 radical (unpaired) electrons. The maximum atomic E-state index is 10.7. The first-order valence-electron chi connectivity index (χ1n) is 4.48. The largest absolute Gasteiger partial charge is 0.438 e. The second kappa shape index (κ2) is 4.85. The predicted molar refractivity (Wildman–Crippen MR) is 61.6 cm³/mol. The monoisotopic (exact) mass is 278 g/mol. The molecule has 0 aliphatic carbocycles. The summed E-state index contributed by atoms with van der Waals surface area (Å²) in [6, 6.07) is 7.25. The van der Waals surface area contributed by atoms with Crippen LogP contribution >= 0.6 is 15.9 Å². The van der Waals surface area contributed by atoms with Gasteiger partial charge in [0, 0.05) is 10.7 Å². The van der Waals surface area contributed by atoms with Gasteiger partial charge in [-0.3, -0.25) is 4.79 Å². The average molecular weight is 279 g/mol. The summed E-state index contributed by atoms with van der Waals surface area (Å²) in [6.07, 6.45) is 3.41. The Hall–Kier alpha value is -1.75. The van der Waals surface area contributed by atoms with Crippen LogP contribution in [0.5, 0.6) is 11.6 Å². The minimum atomic E-state index is 0.257. The minimum Gasteiger partial charge on any atom is -0.438 e. The van der Waals surface area contributed by atoms with Crippen molar-refractivity contribution in [3.8, 4) is 11.6 Å². The van der Waals surface area contributed by atoms with Crippen molar-refractivity contribution < 1.29 is 9.53 Å². The summed E-state index contributed by atoms with van der Waals surface area (Å²) in [4.78, 5) is 18.3. The van der Waals surface area contributed by atoms with E-state index < -0.39 is 0 Å². The van der Waals surface area contributed by atoms with Gasteiger partial charge in [-0.2, -0.15) is 0 Å². The SMILES string of the molecule is O=Cc1cncnc1Oc1ccc(Br)cc1. The molecule has 1 aromatic carbocycles. The Balaban J connectivity index is 2.26. The standard InChI is InChI=1S/C11H7BrN2O2/c12-9-1-3-10(4-2-9)16-11-8(6-15)5-13-7-14-11/h1-7H. The summed E-state index contributed by atoms with van der Waals surface area (Å²) in [5.41, 5.74) is 0.324. The number of benzene rings is 1. The second-order valence-electron chi connectivity index (χ2n) is 2.96. The zero-order chi connectivity index (χ0) is 11.4. The molecule has 0 fully saturated rings. The molecule has 0 atom stereocenters. The van der Waals surface area contributed by atoms with E-state index in [2.05, 4.69) is 25.9 Å². The smallest absolute Gasteiger partial charge is 0.232 e. The van der Waals surface area contributed by atoms with Crippen LogP contribution in [0, 0.1) is 0 Å². The molecule has 0 saturated heterocycles. The van der Waals surface area contributed by atoms with E-state index in [1.165, 1.54) is 12.5 Å². The van der Waals surface area contributed by atoms with Gasteiger partial charge in [-0.15, -0.1) is 0 Å². The zero-order valence-electron chi connectivity index (χ0n) is 8.13. The lowest BCUT2D eigenvalue weighted by Gasteiger charge is -2.05. The average Bonchev–Trinajstić information content (AvgIpc) is 2.33. The van der Waals surface area contributed by atoms with E-state index in [-0.39, 0.29) is 5.88 Å². The minimum absolute atomic E-state index is 0.257. The van der Waals surface area contributed by atoms with Crippen LogP contribution in [0.25, 0.3) is 0 Å². The Morgan fingerprint density at radius 2 is 2.00 bits per heavy atom. The normalized spacial score (nSPS) is 9.81. The molecule has 1 aromatic heterocycles. The molecule has 80 valence electrons. The summed E-state index contributed by atoms with van der Waals surface area (Å²) in [6.45, 7) is 0. The molecule has 0 unspecified atom stereocenters. The number of halogens is 1. The Kier molecular flexibility index (Phi) is 3.26. The molecule has 2 aromatic rings. The van der Waals surface area contributed by atoms with Gasteiger partial charge in [0.25, 0.3) is 0 Å². The highest BCUT2D eigenvalue weighted by Gasteiger charge is 2.05. The topological polar surface area (TPSA) is 52.1 Å². The fraction of sp³-hybridized carbons (Fsp3) is 0. The first-order valence-corrected chi connectivity index (χ1v) is 5.27. The van der Waals surface area contributed by atoms with E-state index >= 15 is 0 Å². The molecule has 0 spiro atoms. The van der Waals surface area contributed by atoms with Crippen LogP contribution in [0.15, 0.2) is 41.3 Å². The van der Waals surface area contributed by atoms with Gasteiger partial charge in [0.05, 0.1) is 5.56 Å². The summed E-state index contributed by atoms with van der Waals surface area (Å²) in [5, 5.41) is 0. The van der Waals surface area contributed by atoms with Gasteiger partial charge in [-0.1, -0.05) is 15.9 Å². The first-order chi connectivity index (χ1) is 7.79. The van der Waals surface area contributed by atoms with Crippen molar-refractivity contribution in [2.75, 3.05) is 0 Å². The van der Waals surface area contributed by atoms with E-state index in [4.69, 9.17) is 4.74 Å². The predicted octanol–water partition coefficient (Wildman–Crippen LogP) is 2.84. The van der Waals surface area contributed by atoms with Crippen molar-refractivity contribution in [3.05, 3.63) is 46.8 Å². The lowest BCUT2D eigenvalue weighted by molar-refractivity contribution is 0.112. The van der Waals surface area contributed by atoms with Crippen molar-refractivity contribution in [3.63, 3.8) is 0 Å². The summed E-state index contributed by atoms with van der Waals surface area (Å²) >= 11 is 3.32. The Morgan fingerprint density at radius 3 is 2.69 bits per heavy atom. The van der Waals surface area contributed by atoms with Gasteiger partial charge in [0.15, 0.2) is 6.29 Å². The first kappa shape index (κ1) is 10.8. The van der Waals surface area contributed by atoms with Crippen LogP contribution in [0.4, 0.5) is 0 Å². The number of rotatable bonds is 3. The molecule has 2 rings (SSSR count). The number of nitrogens with zero attached hydrogens (tertiary/aromatic N) is 2. The van der Waals surface area contributed by atoms with Gasteiger partial charge < -0.3 is 4.74 Å². The molecule has 4 nitrogen and oxygen atoms in total. The van der Waals surface area contributed by atoms with E-state index in [1.807, 2.05) is 12.1 Å². The number of hydrogen-bond acceptors (Lipinski definition) is 4.